The first-order valence-corrected chi connectivity index (χ1v) is 13.9. The van der Waals surface area contributed by atoms with Crippen molar-refractivity contribution in [2.75, 3.05) is 39.4 Å². The summed E-state index contributed by atoms with van der Waals surface area (Å²) >= 11 is 0. The lowest BCUT2D eigenvalue weighted by Crippen LogP contribution is -2.54. The SMILES string of the molecule is CCC(NC(=O)C(CC(C)C)NC(=O)OCc1ccccc1)C(=O)C(=O)NCCCN1CCOCC1.O=C(O)C(F)(F)F. The Morgan fingerprint density at radius 1 is 1.02 bits per heavy atom. The van der Waals surface area contributed by atoms with E-state index in [2.05, 4.69) is 20.9 Å². The number of halogens is 3. The molecule has 0 bridgehead atoms. The Morgan fingerprint density at radius 3 is 2.16 bits per heavy atom. The molecule has 2 unspecified atom stereocenters. The predicted molar refractivity (Wildman–Crippen MR) is 149 cm³/mol. The van der Waals surface area contributed by atoms with Gasteiger partial charge in [-0.1, -0.05) is 51.1 Å². The number of alkyl carbamates (subject to hydrolysis) is 1. The Morgan fingerprint density at radius 2 is 1.63 bits per heavy atom. The molecule has 242 valence electrons. The quantitative estimate of drug-likeness (QED) is 0.181. The molecule has 4 N–H and O–H groups in total. The van der Waals surface area contributed by atoms with Crippen LogP contribution in [0.1, 0.15) is 45.6 Å². The van der Waals surface area contributed by atoms with Crippen molar-refractivity contribution in [2.45, 2.75) is 64.9 Å². The van der Waals surface area contributed by atoms with Crippen molar-refractivity contribution in [3.63, 3.8) is 0 Å². The molecule has 1 aromatic carbocycles. The summed E-state index contributed by atoms with van der Waals surface area (Å²) in [4.78, 5) is 61.5. The Balaban J connectivity index is 0.00000117. The summed E-state index contributed by atoms with van der Waals surface area (Å²) in [6.45, 7) is 9.96. The fraction of sp³-hybridized carbons (Fsp3) is 0.607. The molecule has 0 saturated carbocycles. The van der Waals surface area contributed by atoms with Gasteiger partial charge in [0.15, 0.2) is 0 Å². The Kier molecular flexibility index (Phi) is 16.9. The number of nitrogens with zero attached hydrogens (tertiary/aromatic N) is 1. The topological polar surface area (TPSA) is 163 Å². The summed E-state index contributed by atoms with van der Waals surface area (Å²) in [5.74, 6) is -4.61. The molecule has 0 aliphatic carbocycles. The molecule has 12 nitrogen and oxygen atoms in total. The lowest BCUT2D eigenvalue weighted by Gasteiger charge is -2.26. The van der Waals surface area contributed by atoms with E-state index >= 15 is 0 Å². The first-order chi connectivity index (χ1) is 20.2. The van der Waals surface area contributed by atoms with E-state index in [1.807, 2.05) is 44.2 Å². The third kappa shape index (κ3) is 15.9. The largest absolute Gasteiger partial charge is 0.490 e. The second kappa shape index (κ2) is 19.5. The zero-order valence-electron chi connectivity index (χ0n) is 24.6. The normalized spacial score (nSPS) is 14.9. The number of ether oxygens (including phenoxy) is 2. The molecule has 15 heteroatoms. The number of aliphatic carboxylic acids is 1. The van der Waals surface area contributed by atoms with Crippen LogP contribution in [-0.2, 0) is 35.3 Å². The monoisotopic (exact) mass is 618 g/mol. The number of ketones is 1. The predicted octanol–water partition coefficient (Wildman–Crippen LogP) is 2.26. The van der Waals surface area contributed by atoms with E-state index in [4.69, 9.17) is 19.4 Å². The highest BCUT2D eigenvalue weighted by atomic mass is 19.4. The standard InChI is InChI=1S/C26H40N4O6.C2HF3O2/c1-4-21(23(31)25(33)27-11-8-12-30-13-15-35-16-14-30)28-24(32)22(17-19(2)3)29-26(34)36-18-20-9-6-5-7-10-20;3-2(4,5)1(6)7/h5-7,9-10,19,21-22H,4,8,11-18H2,1-3H3,(H,27,33)(H,28,32)(H,29,34);(H,6,7). The number of morpholine rings is 1. The van der Waals surface area contributed by atoms with E-state index in [-0.39, 0.29) is 18.9 Å². The number of rotatable bonds is 14. The zero-order valence-corrected chi connectivity index (χ0v) is 24.6. The van der Waals surface area contributed by atoms with Gasteiger partial charge < -0.3 is 30.5 Å². The van der Waals surface area contributed by atoms with Crippen LogP contribution in [0.15, 0.2) is 30.3 Å². The third-order valence-corrected chi connectivity index (χ3v) is 6.08. The first kappa shape index (κ1) is 37.3. The first-order valence-electron chi connectivity index (χ1n) is 13.9. The highest BCUT2D eigenvalue weighted by Crippen LogP contribution is 2.13. The van der Waals surface area contributed by atoms with Crippen LogP contribution in [-0.4, -0.2) is 97.3 Å². The van der Waals surface area contributed by atoms with Gasteiger partial charge in [0.05, 0.1) is 19.3 Å². The summed E-state index contributed by atoms with van der Waals surface area (Å²) < 4.78 is 42.3. The minimum Gasteiger partial charge on any atom is -0.475 e. The molecule has 2 atom stereocenters. The van der Waals surface area contributed by atoms with E-state index in [0.29, 0.717) is 32.6 Å². The minimum atomic E-state index is -5.08. The van der Waals surface area contributed by atoms with E-state index < -0.39 is 47.9 Å². The number of carbonyl (C=O) groups excluding carboxylic acids is 4. The van der Waals surface area contributed by atoms with Crippen molar-refractivity contribution in [1.29, 1.82) is 0 Å². The lowest BCUT2D eigenvalue weighted by atomic mass is 10.0. The maximum absolute atomic E-state index is 12.9. The molecule has 1 fully saturated rings. The maximum atomic E-state index is 12.9. The molecule has 1 aromatic rings. The van der Waals surface area contributed by atoms with Crippen molar-refractivity contribution in [2.24, 2.45) is 5.92 Å². The average molecular weight is 619 g/mol. The number of Topliss-reactive ketones (excluding diaryl/α,β-unsaturated/α-hetero) is 1. The summed E-state index contributed by atoms with van der Waals surface area (Å²) in [5, 5.41) is 15.0. The second-order valence-electron chi connectivity index (χ2n) is 10.1. The number of hydrogen-bond acceptors (Lipinski definition) is 8. The molecule has 0 aromatic heterocycles. The number of hydrogen-bond donors (Lipinski definition) is 4. The van der Waals surface area contributed by atoms with E-state index in [0.717, 1.165) is 25.2 Å². The van der Waals surface area contributed by atoms with Crippen molar-refractivity contribution >= 4 is 29.7 Å². The van der Waals surface area contributed by atoms with Crippen LogP contribution in [0.25, 0.3) is 0 Å². The maximum Gasteiger partial charge on any atom is 0.490 e. The van der Waals surface area contributed by atoms with E-state index in [1.165, 1.54) is 0 Å². The fourth-order valence-electron chi connectivity index (χ4n) is 3.81. The van der Waals surface area contributed by atoms with Crippen molar-refractivity contribution in [3.8, 4) is 0 Å². The number of carbonyl (C=O) groups is 5. The van der Waals surface area contributed by atoms with Crippen LogP contribution in [0.2, 0.25) is 0 Å². The number of nitrogens with one attached hydrogen (secondary N) is 3. The van der Waals surface area contributed by atoms with Crippen LogP contribution in [0.5, 0.6) is 0 Å². The summed E-state index contributed by atoms with van der Waals surface area (Å²) in [7, 11) is 0. The Labute approximate surface area is 248 Å². The van der Waals surface area contributed by atoms with Gasteiger partial charge in [0.25, 0.3) is 5.91 Å². The highest BCUT2D eigenvalue weighted by Gasteiger charge is 2.38. The molecule has 43 heavy (non-hydrogen) atoms. The van der Waals surface area contributed by atoms with Crippen molar-refractivity contribution < 1.29 is 51.7 Å². The van der Waals surface area contributed by atoms with Gasteiger partial charge in [-0.05, 0) is 37.3 Å². The summed E-state index contributed by atoms with van der Waals surface area (Å²) in [6, 6.07) is 7.33. The molecule has 2 rings (SSSR count). The smallest absolute Gasteiger partial charge is 0.475 e. The number of carboxylic acid groups (broad SMARTS) is 1. The second-order valence-corrected chi connectivity index (χ2v) is 10.1. The molecular formula is C28H41F3N4O8. The van der Waals surface area contributed by atoms with Gasteiger partial charge in [-0.2, -0.15) is 13.2 Å². The highest BCUT2D eigenvalue weighted by molar-refractivity contribution is 6.38. The Bertz CT molecular complexity index is 1030. The van der Waals surface area contributed by atoms with Crippen LogP contribution < -0.4 is 16.0 Å². The number of alkyl halides is 3. The third-order valence-electron chi connectivity index (χ3n) is 6.08. The van der Waals surface area contributed by atoms with Gasteiger partial charge in [-0.25, -0.2) is 9.59 Å². The minimum absolute atomic E-state index is 0.0739. The number of carboxylic acids is 1. The van der Waals surface area contributed by atoms with Crippen molar-refractivity contribution in [3.05, 3.63) is 35.9 Å². The molecule has 0 radical (unpaired) electrons. The average Bonchev–Trinajstić information content (AvgIpc) is 2.96. The van der Waals surface area contributed by atoms with Gasteiger partial charge >= 0.3 is 18.2 Å². The number of amides is 3. The summed E-state index contributed by atoms with van der Waals surface area (Å²) in [5.41, 5.74) is 0.824. The Hall–Kier alpha value is -3.72. The molecule has 3 amide bonds. The molecule has 1 heterocycles. The van der Waals surface area contributed by atoms with Gasteiger partial charge in [0.2, 0.25) is 11.7 Å². The van der Waals surface area contributed by atoms with Gasteiger partial charge in [0.1, 0.15) is 12.6 Å². The van der Waals surface area contributed by atoms with Gasteiger partial charge in [-0.15, -0.1) is 0 Å². The molecule has 1 saturated heterocycles. The van der Waals surface area contributed by atoms with Crippen LogP contribution in [0.3, 0.4) is 0 Å². The summed E-state index contributed by atoms with van der Waals surface area (Å²) in [6.07, 6.45) is -4.49. The molecule has 0 spiro atoms. The van der Waals surface area contributed by atoms with Gasteiger partial charge in [-0.3, -0.25) is 19.3 Å². The van der Waals surface area contributed by atoms with Crippen LogP contribution >= 0.6 is 0 Å². The molecule has 1 aliphatic heterocycles. The lowest BCUT2D eigenvalue weighted by molar-refractivity contribution is -0.192. The van der Waals surface area contributed by atoms with Crippen molar-refractivity contribution in [1.82, 2.24) is 20.9 Å². The van der Waals surface area contributed by atoms with Crippen LogP contribution in [0, 0.1) is 5.92 Å². The van der Waals surface area contributed by atoms with E-state index in [1.54, 1.807) is 6.92 Å². The molecular weight excluding hydrogens is 577 g/mol. The fourth-order valence-corrected chi connectivity index (χ4v) is 3.81. The number of benzene rings is 1. The zero-order chi connectivity index (χ0) is 32.4. The van der Waals surface area contributed by atoms with Crippen LogP contribution in [0.4, 0.5) is 18.0 Å². The van der Waals surface area contributed by atoms with E-state index in [9.17, 15) is 32.3 Å². The molecule has 1 aliphatic rings. The van der Waals surface area contributed by atoms with Gasteiger partial charge in [0, 0.05) is 19.6 Å².